The summed E-state index contributed by atoms with van der Waals surface area (Å²) < 4.78 is 15.9. The second-order valence-corrected chi connectivity index (χ2v) is 4.97. The number of allylic oxidation sites excluding steroid dienone is 1. The van der Waals surface area contributed by atoms with Crippen molar-refractivity contribution < 1.29 is 19.0 Å². The molecule has 6 nitrogen and oxygen atoms in total. The van der Waals surface area contributed by atoms with Gasteiger partial charge in [-0.05, 0) is 23.8 Å². The van der Waals surface area contributed by atoms with Crippen LogP contribution in [0.4, 0.5) is 0 Å². The number of ether oxygens (including phenoxy) is 3. The van der Waals surface area contributed by atoms with Gasteiger partial charge in [0.25, 0.3) is 0 Å². The summed E-state index contributed by atoms with van der Waals surface area (Å²) in [5.41, 5.74) is 4.21. The van der Waals surface area contributed by atoms with Crippen LogP contribution in [0.3, 0.4) is 0 Å². The highest BCUT2D eigenvalue weighted by atomic mass is 16.5. The van der Waals surface area contributed by atoms with E-state index < -0.39 is 0 Å². The van der Waals surface area contributed by atoms with Gasteiger partial charge in [-0.2, -0.15) is 5.10 Å². The Balaban J connectivity index is 2.29. The molecular formula is C16H20N2O4. The minimum atomic E-state index is -0.0579. The molecule has 6 heteroatoms. The monoisotopic (exact) mass is 304 g/mol. The van der Waals surface area contributed by atoms with Gasteiger partial charge in [-0.3, -0.25) is 4.79 Å². The lowest BCUT2D eigenvalue weighted by atomic mass is 9.99. The van der Waals surface area contributed by atoms with Crippen LogP contribution in [0.2, 0.25) is 0 Å². The molecule has 1 amide bonds. The molecule has 1 atom stereocenters. The van der Waals surface area contributed by atoms with E-state index in [9.17, 15) is 4.79 Å². The lowest BCUT2D eigenvalue weighted by molar-refractivity contribution is -0.121. The van der Waals surface area contributed by atoms with Crippen molar-refractivity contribution >= 4 is 17.7 Å². The van der Waals surface area contributed by atoms with Crippen LogP contribution in [0.15, 0.2) is 23.3 Å². The fraction of sp³-hybridized carbons (Fsp3) is 0.375. The first-order valence-electron chi connectivity index (χ1n) is 6.93. The third-order valence-electron chi connectivity index (χ3n) is 3.44. The summed E-state index contributed by atoms with van der Waals surface area (Å²) >= 11 is 0. The minimum absolute atomic E-state index is 0.0579. The molecule has 0 aromatic heterocycles. The van der Waals surface area contributed by atoms with E-state index in [-0.39, 0.29) is 11.8 Å². The van der Waals surface area contributed by atoms with Gasteiger partial charge in [0.05, 0.1) is 27.0 Å². The lowest BCUT2D eigenvalue weighted by Gasteiger charge is -2.16. The Kier molecular flexibility index (Phi) is 5.04. The SMILES string of the molecule is COc1cc(C=CC2=NNC(=O)CC2C)cc(OC)c1OC. The van der Waals surface area contributed by atoms with Gasteiger partial charge in [-0.1, -0.05) is 13.0 Å². The number of nitrogens with zero attached hydrogens (tertiary/aromatic N) is 1. The van der Waals surface area contributed by atoms with Gasteiger partial charge < -0.3 is 14.2 Å². The highest BCUT2D eigenvalue weighted by molar-refractivity contribution is 6.03. The van der Waals surface area contributed by atoms with Crippen LogP contribution in [0.25, 0.3) is 6.08 Å². The molecule has 1 aliphatic heterocycles. The van der Waals surface area contributed by atoms with E-state index in [1.807, 2.05) is 31.2 Å². The number of hydrogen-bond donors (Lipinski definition) is 1. The Bertz CT molecular complexity index is 598. The Morgan fingerprint density at radius 1 is 1.14 bits per heavy atom. The molecule has 0 bridgehead atoms. The Hall–Kier alpha value is -2.50. The summed E-state index contributed by atoms with van der Waals surface area (Å²) in [5.74, 6) is 1.77. The van der Waals surface area contributed by atoms with Gasteiger partial charge in [-0.15, -0.1) is 0 Å². The molecule has 0 spiro atoms. The van der Waals surface area contributed by atoms with Crippen LogP contribution in [-0.2, 0) is 4.79 Å². The van der Waals surface area contributed by atoms with Crippen LogP contribution in [0.5, 0.6) is 17.2 Å². The van der Waals surface area contributed by atoms with E-state index in [1.165, 1.54) is 0 Å². The highest BCUT2D eigenvalue weighted by Gasteiger charge is 2.18. The van der Waals surface area contributed by atoms with Crippen LogP contribution >= 0.6 is 0 Å². The molecule has 0 saturated carbocycles. The summed E-state index contributed by atoms with van der Waals surface area (Å²) in [4.78, 5) is 11.2. The molecule has 1 unspecified atom stereocenters. The molecule has 118 valence electrons. The third-order valence-corrected chi connectivity index (χ3v) is 3.44. The molecule has 0 saturated heterocycles. The first kappa shape index (κ1) is 15.9. The van der Waals surface area contributed by atoms with Gasteiger partial charge in [0.2, 0.25) is 11.7 Å². The number of amides is 1. The van der Waals surface area contributed by atoms with Crippen molar-refractivity contribution in [3.63, 3.8) is 0 Å². The van der Waals surface area contributed by atoms with Gasteiger partial charge in [0.15, 0.2) is 11.5 Å². The number of carbonyl (C=O) groups is 1. The zero-order valence-electron chi connectivity index (χ0n) is 13.2. The zero-order valence-corrected chi connectivity index (χ0v) is 13.2. The summed E-state index contributed by atoms with van der Waals surface area (Å²) in [6, 6.07) is 3.70. The maximum Gasteiger partial charge on any atom is 0.240 e. The Morgan fingerprint density at radius 3 is 2.27 bits per heavy atom. The van der Waals surface area contributed by atoms with E-state index in [0.717, 1.165) is 11.3 Å². The van der Waals surface area contributed by atoms with Crippen LogP contribution < -0.4 is 19.6 Å². The van der Waals surface area contributed by atoms with E-state index in [0.29, 0.717) is 23.7 Å². The molecule has 1 aliphatic rings. The maximum absolute atomic E-state index is 11.2. The van der Waals surface area contributed by atoms with Crippen molar-refractivity contribution in [2.75, 3.05) is 21.3 Å². The first-order valence-corrected chi connectivity index (χ1v) is 6.93. The third kappa shape index (κ3) is 3.39. The maximum atomic E-state index is 11.2. The molecule has 0 aliphatic carbocycles. The van der Waals surface area contributed by atoms with Crippen molar-refractivity contribution in [3.05, 3.63) is 23.8 Å². The van der Waals surface area contributed by atoms with Gasteiger partial charge in [-0.25, -0.2) is 5.43 Å². The summed E-state index contributed by atoms with van der Waals surface area (Å²) in [6.45, 7) is 1.97. The number of nitrogens with one attached hydrogen (secondary N) is 1. The predicted molar refractivity (Wildman–Crippen MR) is 84.5 cm³/mol. The normalized spacial score (nSPS) is 17.9. The fourth-order valence-electron chi connectivity index (χ4n) is 2.25. The Labute approximate surface area is 129 Å². The van der Waals surface area contributed by atoms with E-state index in [4.69, 9.17) is 14.2 Å². The first-order chi connectivity index (χ1) is 10.6. The number of hydrazone groups is 1. The standard InChI is InChI=1S/C16H20N2O4/c1-10-7-15(19)18-17-12(10)6-5-11-8-13(20-2)16(22-4)14(9-11)21-3/h5-6,8-10H,7H2,1-4H3,(H,18,19). The number of rotatable bonds is 5. The van der Waals surface area contributed by atoms with Crippen LogP contribution in [0, 0.1) is 5.92 Å². The van der Waals surface area contributed by atoms with Gasteiger partial charge >= 0.3 is 0 Å². The summed E-state index contributed by atoms with van der Waals surface area (Å²) in [7, 11) is 4.72. The second-order valence-electron chi connectivity index (χ2n) is 4.97. The fourth-order valence-corrected chi connectivity index (χ4v) is 2.25. The number of hydrogen-bond acceptors (Lipinski definition) is 5. The highest BCUT2D eigenvalue weighted by Crippen LogP contribution is 2.38. The van der Waals surface area contributed by atoms with Crippen molar-refractivity contribution in [1.82, 2.24) is 5.43 Å². The molecule has 1 aromatic carbocycles. The molecule has 0 radical (unpaired) electrons. The van der Waals surface area contributed by atoms with E-state index in [2.05, 4.69) is 10.5 Å². The minimum Gasteiger partial charge on any atom is -0.493 e. The van der Waals surface area contributed by atoms with Crippen molar-refractivity contribution in [3.8, 4) is 17.2 Å². The zero-order chi connectivity index (χ0) is 16.1. The molecule has 2 rings (SSSR count). The summed E-state index contributed by atoms with van der Waals surface area (Å²) in [6.07, 6.45) is 4.22. The summed E-state index contributed by atoms with van der Waals surface area (Å²) in [5, 5.41) is 4.07. The second kappa shape index (κ2) is 6.98. The average molecular weight is 304 g/mol. The topological polar surface area (TPSA) is 69.2 Å². The number of methoxy groups -OCH3 is 3. The van der Waals surface area contributed by atoms with Crippen molar-refractivity contribution in [2.24, 2.45) is 11.0 Å². The number of carbonyl (C=O) groups excluding carboxylic acids is 1. The van der Waals surface area contributed by atoms with Gasteiger partial charge in [0, 0.05) is 12.3 Å². The van der Waals surface area contributed by atoms with Crippen LogP contribution in [0.1, 0.15) is 18.9 Å². The predicted octanol–water partition coefficient (Wildman–Crippen LogP) is 2.24. The van der Waals surface area contributed by atoms with Crippen molar-refractivity contribution in [2.45, 2.75) is 13.3 Å². The van der Waals surface area contributed by atoms with E-state index in [1.54, 1.807) is 21.3 Å². The van der Waals surface area contributed by atoms with Crippen LogP contribution in [-0.4, -0.2) is 32.9 Å². The quantitative estimate of drug-likeness (QED) is 0.905. The number of benzene rings is 1. The Morgan fingerprint density at radius 2 is 1.77 bits per heavy atom. The molecule has 1 N–H and O–H groups in total. The molecule has 22 heavy (non-hydrogen) atoms. The molecule has 1 aromatic rings. The van der Waals surface area contributed by atoms with E-state index >= 15 is 0 Å². The van der Waals surface area contributed by atoms with Gasteiger partial charge in [0.1, 0.15) is 0 Å². The lowest BCUT2D eigenvalue weighted by Crippen LogP contribution is -2.30. The molecule has 0 fully saturated rings. The van der Waals surface area contributed by atoms with Crippen molar-refractivity contribution in [1.29, 1.82) is 0 Å². The molecule has 1 heterocycles. The molecular weight excluding hydrogens is 284 g/mol. The largest absolute Gasteiger partial charge is 0.493 e. The smallest absolute Gasteiger partial charge is 0.240 e. The average Bonchev–Trinajstić information content (AvgIpc) is 2.52.